The maximum Gasteiger partial charge on any atom is 0.142 e. The van der Waals surface area contributed by atoms with Gasteiger partial charge in [-0.3, -0.25) is 0 Å². The smallest absolute Gasteiger partial charge is 0.142 e. The number of aromatic nitrogens is 1. The Morgan fingerprint density at radius 2 is 2.11 bits per heavy atom. The molecule has 0 aliphatic carbocycles. The van der Waals surface area contributed by atoms with Crippen molar-refractivity contribution in [3.05, 3.63) is 22.4 Å². The molecule has 0 bridgehead atoms. The van der Waals surface area contributed by atoms with Crippen molar-refractivity contribution in [3.8, 4) is 5.75 Å². The first kappa shape index (κ1) is 13.8. The highest BCUT2D eigenvalue weighted by molar-refractivity contribution is 9.10. The fourth-order valence-corrected chi connectivity index (χ4v) is 2.30. The van der Waals surface area contributed by atoms with Crippen LogP contribution in [-0.4, -0.2) is 43.3 Å². The highest BCUT2D eigenvalue weighted by Crippen LogP contribution is 2.24. The number of ether oxygens (including phenoxy) is 2. The Balaban J connectivity index is 2.09. The van der Waals surface area contributed by atoms with Crippen molar-refractivity contribution in [1.82, 2.24) is 9.88 Å². The van der Waals surface area contributed by atoms with Crippen LogP contribution in [0.3, 0.4) is 0 Å². The monoisotopic (exact) mass is 314 g/mol. The topological polar surface area (TPSA) is 34.6 Å². The van der Waals surface area contributed by atoms with E-state index in [4.69, 9.17) is 9.47 Å². The van der Waals surface area contributed by atoms with Crippen LogP contribution in [0.15, 0.2) is 16.7 Å². The predicted molar refractivity (Wildman–Crippen MR) is 73.8 cm³/mol. The predicted octanol–water partition coefficient (Wildman–Crippen LogP) is 2.46. The minimum absolute atomic E-state index is 0.252. The second kappa shape index (κ2) is 6.50. The van der Waals surface area contributed by atoms with Gasteiger partial charge in [-0.15, -0.1) is 0 Å². The molecule has 0 spiro atoms. The molecule has 1 aliphatic heterocycles. The SMILES string of the molecule is CN(C)Cc1nc(Br)ccc1OC1CCOCC1. The molecule has 0 amide bonds. The Hall–Kier alpha value is -0.650. The molecule has 2 rings (SSSR count). The van der Waals surface area contributed by atoms with Crippen molar-refractivity contribution < 1.29 is 9.47 Å². The van der Waals surface area contributed by atoms with Crippen LogP contribution in [0.5, 0.6) is 5.75 Å². The van der Waals surface area contributed by atoms with Gasteiger partial charge in [0.15, 0.2) is 0 Å². The van der Waals surface area contributed by atoms with Crippen LogP contribution in [0, 0.1) is 0 Å². The normalized spacial score (nSPS) is 17.1. The first-order chi connectivity index (χ1) is 8.65. The van der Waals surface area contributed by atoms with E-state index in [0.29, 0.717) is 0 Å². The molecule has 4 nitrogen and oxygen atoms in total. The van der Waals surface area contributed by atoms with Gasteiger partial charge in [-0.1, -0.05) is 0 Å². The maximum atomic E-state index is 6.05. The van der Waals surface area contributed by atoms with Crippen LogP contribution in [0.1, 0.15) is 18.5 Å². The molecule has 100 valence electrons. The molecule has 5 heteroatoms. The van der Waals surface area contributed by atoms with Gasteiger partial charge in [-0.2, -0.15) is 0 Å². The van der Waals surface area contributed by atoms with Gasteiger partial charge < -0.3 is 14.4 Å². The molecular weight excluding hydrogens is 296 g/mol. The lowest BCUT2D eigenvalue weighted by atomic mass is 10.1. The van der Waals surface area contributed by atoms with Gasteiger partial charge in [0.05, 0.1) is 18.9 Å². The molecule has 1 aromatic heterocycles. The van der Waals surface area contributed by atoms with Gasteiger partial charge in [0.2, 0.25) is 0 Å². The van der Waals surface area contributed by atoms with E-state index in [9.17, 15) is 0 Å². The molecule has 0 saturated carbocycles. The minimum Gasteiger partial charge on any atom is -0.488 e. The zero-order chi connectivity index (χ0) is 13.0. The van der Waals surface area contributed by atoms with Crippen LogP contribution in [0.2, 0.25) is 0 Å². The molecule has 1 aromatic rings. The number of halogens is 1. The van der Waals surface area contributed by atoms with Gasteiger partial charge >= 0.3 is 0 Å². The van der Waals surface area contributed by atoms with Crippen LogP contribution in [0.4, 0.5) is 0 Å². The molecule has 1 saturated heterocycles. The van der Waals surface area contributed by atoms with E-state index < -0.39 is 0 Å². The third kappa shape index (κ3) is 3.93. The van der Waals surface area contributed by atoms with Crippen LogP contribution >= 0.6 is 15.9 Å². The van der Waals surface area contributed by atoms with Crippen molar-refractivity contribution in [1.29, 1.82) is 0 Å². The van der Waals surface area contributed by atoms with E-state index >= 15 is 0 Å². The summed E-state index contributed by atoms with van der Waals surface area (Å²) >= 11 is 3.41. The summed E-state index contributed by atoms with van der Waals surface area (Å²) in [6.07, 6.45) is 2.16. The Kier molecular flexibility index (Phi) is 4.97. The lowest BCUT2D eigenvalue weighted by Crippen LogP contribution is -2.26. The lowest BCUT2D eigenvalue weighted by Gasteiger charge is -2.24. The van der Waals surface area contributed by atoms with Gasteiger partial charge in [0.25, 0.3) is 0 Å². The lowest BCUT2D eigenvalue weighted by molar-refractivity contribution is 0.0248. The van der Waals surface area contributed by atoms with E-state index in [-0.39, 0.29) is 6.10 Å². The molecular formula is C13H19BrN2O2. The van der Waals surface area contributed by atoms with E-state index in [2.05, 4.69) is 25.8 Å². The zero-order valence-electron chi connectivity index (χ0n) is 10.9. The average Bonchev–Trinajstić information content (AvgIpc) is 2.33. The van der Waals surface area contributed by atoms with E-state index in [1.807, 2.05) is 26.2 Å². The number of hydrogen-bond donors (Lipinski definition) is 0. The first-order valence-corrected chi connectivity index (χ1v) is 6.99. The molecule has 2 heterocycles. The minimum atomic E-state index is 0.252. The third-order valence-electron chi connectivity index (χ3n) is 2.83. The van der Waals surface area contributed by atoms with Crippen molar-refractivity contribution in [3.63, 3.8) is 0 Å². The summed E-state index contributed by atoms with van der Waals surface area (Å²) in [7, 11) is 4.06. The summed E-state index contributed by atoms with van der Waals surface area (Å²) in [5.41, 5.74) is 0.973. The molecule has 1 aliphatic rings. The highest BCUT2D eigenvalue weighted by Gasteiger charge is 2.17. The van der Waals surface area contributed by atoms with E-state index in [1.54, 1.807) is 0 Å². The second-order valence-electron chi connectivity index (χ2n) is 4.75. The van der Waals surface area contributed by atoms with Crippen molar-refractivity contribution >= 4 is 15.9 Å². The molecule has 0 radical (unpaired) electrons. The van der Waals surface area contributed by atoms with Crippen molar-refractivity contribution in [2.75, 3.05) is 27.3 Å². The fourth-order valence-electron chi connectivity index (χ4n) is 1.96. The summed E-state index contributed by atoms with van der Waals surface area (Å²) in [5, 5.41) is 0. The molecule has 0 unspecified atom stereocenters. The fraction of sp³-hybridized carbons (Fsp3) is 0.615. The summed E-state index contributed by atoms with van der Waals surface area (Å²) in [4.78, 5) is 6.59. The van der Waals surface area contributed by atoms with Gasteiger partial charge in [0, 0.05) is 19.4 Å². The second-order valence-corrected chi connectivity index (χ2v) is 5.56. The van der Waals surface area contributed by atoms with E-state index in [0.717, 1.165) is 48.6 Å². The van der Waals surface area contributed by atoms with Gasteiger partial charge in [-0.25, -0.2) is 4.98 Å². The molecule has 0 N–H and O–H groups in total. The summed E-state index contributed by atoms with van der Waals surface area (Å²) in [5.74, 6) is 0.888. The molecule has 1 fully saturated rings. The van der Waals surface area contributed by atoms with Crippen LogP contribution < -0.4 is 4.74 Å². The number of nitrogens with zero attached hydrogens (tertiary/aromatic N) is 2. The Labute approximate surface area is 116 Å². The zero-order valence-corrected chi connectivity index (χ0v) is 12.4. The quantitative estimate of drug-likeness (QED) is 0.800. The van der Waals surface area contributed by atoms with Crippen molar-refractivity contribution in [2.45, 2.75) is 25.5 Å². The first-order valence-electron chi connectivity index (χ1n) is 6.19. The van der Waals surface area contributed by atoms with Crippen LogP contribution in [0.25, 0.3) is 0 Å². The number of hydrogen-bond acceptors (Lipinski definition) is 4. The number of pyridine rings is 1. The Bertz CT molecular complexity index is 393. The van der Waals surface area contributed by atoms with E-state index in [1.165, 1.54) is 0 Å². The Morgan fingerprint density at radius 3 is 2.78 bits per heavy atom. The largest absolute Gasteiger partial charge is 0.488 e. The third-order valence-corrected chi connectivity index (χ3v) is 3.27. The highest BCUT2D eigenvalue weighted by atomic mass is 79.9. The maximum absolute atomic E-state index is 6.05. The summed E-state index contributed by atoms with van der Waals surface area (Å²) < 4.78 is 12.2. The Morgan fingerprint density at radius 1 is 1.39 bits per heavy atom. The summed E-state index contributed by atoms with van der Waals surface area (Å²) in [6, 6.07) is 3.92. The number of rotatable bonds is 4. The standard InChI is InChI=1S/C13H19BrN2O2/c1-16(2)9-11-12(3-4-13(14)15-11)18-10-5-7-17-8-6-10/h3-4,10H,5-9H2,1-2H3. The molecule has 0 aromatic carbocycles. The van der Waals surface area contributed by atoms with Crippen molar-refractivity contribution in [2.24, 2.45) is 0 Å². The van der Waals surface area contributed by atoms with Crippen LogP contribution in [-0.2, 0) is 11.3 Å². The average molecular weight is 315 g/mol. The van der Waals surface area contributed by atoms with Gasteiger partial charge in [0.1, 0.15) is 16.5 Å². The van der Waals surface area contributed by atoms with Gasteiger partial charge in [-0.05, 0) is 42.2 Å². The molecule has 0 atom stereocenters. The summed E-state index contributed by atoms with van der Waals surface area (Å²) in [6.45, 7) is 2.35. The molecule has 18 heavy (non-hydrogen) atoms.